The number of fused-ring (bicyclic) bond motifs is 8. The van der Waals surface area contributed by atoms with Gasteiger partial charge in [0, 0.05) is 51.3 Å². The van der Waals surface area contributed by atoms with E-state index in [4.69, 9.17) is 5.26 Å². The molecule has 48 heavy (non-hydrogen) atoms. The van der Waals surface area contributed by atoms with Crippen LogP contribution in [-0.2, 0) is 43.7 Å². The normalized spacial score (nSPS) is 12.8. The lowest BCUT2D eigenvalue weighted by Gasteiger charge is -2.21. The van der Waals surface area contributed by atoms with Crippen LogP contribution in [-0.4, -0.2) is 40.3 Å². The fourth-order valence-electron chi connectivity index (χ4n) is 6.38. The SMILES string of the molecule is Cn1c2ccc3c(=O)c4ccc(S(=O)(=O)O)cc4c(=O)c3c2n(C)c2c(S(=O)(=O)O)cc3c(=O)c4ccc(SOOO)cc4c(=O)c3c21. The van der Waals surface area contributed by atoms with Crippen LogP contribution < -0.4 is 21.7 Å². The molecule has 244 valence electrons. The summed E-state index contributed by atoms with van der Waals surface area (Å²) in [5.74, 6) is 0. The lowest BCUT2D eigenvalue weighted by molar-refractivity contribution is -0.432. The zero-order valence-corrected chi connectivity index (χ0v) is 26.7. The lowest BCUT2D eigenvalue weighted by atomic mass is 9.98. The molecule has 0 spiro atoms. The summed E-state index contributed by atoms with van der Waals surface area (Å²) in [5, 5.41) is 10.6. The van der Waals surface area contributed by atoms with Crippen molar-refractivity contribution in [2.45, 2.75) is 14.7 Å². The molecule has 0 unspecified atom stereocenters. The molecule has 0 saturated heterocycles. The van der Waals surface area contributed by atoms with Crippen molar-refractivity contribution in [2.75, 3.05) is 0 Å². The van der Waals surface area contributed by atoms with Crippen molar-refractivity contribution in [1.82, 2.24) is 9.13 Å². The van der Waals surface area contributed by atoms with Gasteiger partial charge in [0.05, 0.1) is 49.8 Å². The van der Waals surface area contributed by atoms with Crippen molar-refractivity contribution in [3.8, 4) is 0 Å². The Labute approximate surface area is 270 Å². The van der Waals surface area contributed by atoms with Gasteiger partial charge in [-0.1, -0.05) is 5.04 Å². The summed E-state index contributed by atoms with van der Waals surface area (Å²) in [6.07, 6.45) is 0. The Balaban J connectivity index is 1.77. The zero-order chi connectivity index (χ0) is 34.6. The molecule has 0 bridgehead atoms. The minimum Gasteiger partial charge on any atom is -0.341 e. The predicted molar refractivity (Wildman–Crippen MR) is 176 cm³/mol. The lowest BCUT2D eigenvalue weighted by Crippen LogP contribution is -2.20. The average Bonchev–Trinajstić information content (AvgIpc) is 3.04. The van der Waals surface area contributed by atoms with E-state index in [1.165, 1.54) is 53.6 Å². The molecule has 7 rings (SSSR count). The van der Waals surface area contributed by atoms with Gasteiger partial charge >= 0.3 is 0 Å². The summed E-state index contributed by atoms with van der Waals surface area (Å²) in [6, 6.07) is 10.6. The highest BCUT2D eigenvalue weighted by Gasteiger charge is 2.27. The van der Waals surface area contributed by atoms with Gasteiger partial charge in [-0.3, -0.25) is 28.3 Å². The quantitative estimate of drug-likeness (QED) is 0.0583. The molecule has 0 aliphatic rings. The Hall–Kier alpha value is -4.79. The number of nitrogens with zero attached hydrogens (tertiary/aromatic N) is 2. The van der Waals surface area contributed by atoms with Crippen LogP contribution in [0.25, 0.3) is 65.2 Å². The molecule has 0 saturated carbocycles. The molecular weight excluding hydrogens is 693 g/mol. The van der Waals surface area contributed by atoms with Crippen LogP contribution in [0, 0.1) is 0 Å². The number of hydrogen-bond acceptors (Lipinski definition) is 12. The Morgan fingerprint density at radius 2 is 1.19 bits per heavy atom. The highest BCUT2D eigenvalue weighted by molar-refractivity contribution is 7.94. The first-order valence-electron chi connectivity index (χ1n) is 13.5. The monoisotopic (exact) mass is 710 g/mol. The maximum atomic E-state index is 14.1. The third-order valence-electron chi connectivity index (χ3n) is 8.40. The summed E-state index contributed by atoms with van der Waals surface area (Å²) in [5.41, 5.74) is -3.18. The largest absolute Gasteiger partial charge is 0.341 e. The molecule has 1 aromatic heterocycles. The van der Waals surface area contributed by atoms with Gasteiger partial charge < -0.3 is 9.13 Å². The molecule has 0 fully saturated rings. The van der Waals surface area contributed by atoms with E-state index in [-0.39, 0.29) is 70.1 Å². The second-order valence-electron chi connectivity index (χ2n) is 10.9. The fourth-order valence-corrected chi connectivity index (χ4v) is 8.03. The molecule has 3 N–H and O–H groups in total. The van der Waals surface area contributed by atoms with Crippen molar-refractivity contribution in [1.29, 1.82) is 0 Å². The van der Waals surface area contributed by atoms with Gasteiger partial charge in [-0.05, 0) is 54.6 Å². The van der Waals surface area contributed by atoms with Gasteiger partial charge in [0.25, 0.3) is 20.2 Å². The van der Waals surface area contributed by atoms with Crippen LogP contribution in [0.1, 0.15) is 0 Å². The van der Waals surface area contributed by atoms with E-state index in [1.807, 2.05) is 0 Å². The van der Waals surface area contributed by atoms with Crippen LogP contribution in [0.3, 0.4) is 0 Å². The van der Waals surface area contributed by atoms with E-state index < -0.39 is 51.7 Å². The zero-order valence-electron chi connectivity index (χ0n) is 24.2. The molecular formula is C30H18N2O13S3. The van der Waals surface area contributed by atoms with Gasteiger partial charge in [-0.15, -0.1) is 4.33 Å². The molecule has 7 aromatic rings. The van der Waals surface area contributed by atoms with Crippen LogP contribution >= 0.6 is 12.0 Å². The molecule has 0 amide bonds. The minimum atomic E-state index is -5.12. The first-order valence-corrected chi connectivity index (χ1v) is 17.1. The maximum absolute atomic E-state index is 14.1. The van der Waals surface area contributed by atoms with E-state index in [2.05, 4.69) is 9.37 Å². The summed E-state index contributed by atoms with van der Waals surface area (Å²) < 4.78 is 76.5. The summed E-state index contributed by atoms with van der Waals surface area (Å²) in [7, 11) is -7.13. The molecule has 0 radical (unpaired) electrons. The third-order valence-corrected chi connectivity index (χ3v) is 10.7. The van der Waals surface area contributed by atoms with Crippen LogP contribution in [0.15, 0.2) is 88.5 Å². The second-order valence-corrected chi connectivity index (χ2v) is 14.5. The van der Waals surface area contributed by atoms with Gasteiger partial charge in [0.2, 0.25) is 0 Å². The fraction of sp³-hybridized carbons (Fsp3) is 0.0667. The molecule has 0 aliphatic carbocycles. The van der Waals surface area contributed by atoms with E-state index in [9.17, 15) is 45.1 Å². The molecule has 18 heteroatoms. The molecule has 15 nitrogen and oxygen atoms in total. The number of hydrogen-bond donors (Lipinski definition) is 3. The minimum absolute atomic E-state index is 0.0246. The van der Waals surface area contributed by atoms with Gasteiger partial charge in [0.1, 0.15) is 4.90 Å². The Morgan fingerprint density at radius 1 is 0.604 bits per heavy atom. The van der Waals surface area contributed by atoms with Gasteiger partial charge in [-0.25, -0.2) is 5.26 Å². The summed E-state index contributed by atoms with van der Waals surface area (Å²) in [4.78, 5) is 54.4. The van der Waals surface area contributed by atoms with E-state index in [0.717, 1.165) is 24.3 Å². The number of rotatable bonds is 5. The number of benzene rings is 6. The standard InChI is InChI=1S/C30H18N2O13S3/c1-31-20-8-7-16-22(30(36)18-10-13(47(38,39)40)4-6-15(18)27(16)33)24(20)32(2)25-21(48(41,42)43)11-19-23(26(25)31)29(35)17-9-12(46-45-44-37)3-5-14(17)28(19)34/h3-11,37H,1-2H3,(H,38,39,40)(H,41,42,43). The van der Waals surface area contributed by atoms with Gasteiger partial charge in [0.15, 0.2) is 21.7 Å². The van der Waals surface area contributed by atoms with Crippen molar-refractivity contribution >= 4 is 97.4 Å². The van der Waals surface area contributed by atoms with Crippen LogP contribution in [0.4, 0.5) is 0 Å². The van der Waals surface area contributed by atoms with Crippen LogP contribution in [0.2, 0.25) is 0 Å². The highest BCUT2D eigenvalue weighted by atomic mass is 32.2. The molecule has 0 atom stereocenters. The van der Waals surface area contributed by atoms with Crippen molar-refractivity contribution in [3.05, 3.63) is 95.5 Å². The Bertz CT molecular complexity index is 3100. The molecule has 6 aromatic carbocycles. The predicted octanol–water partition coefficient (Wildman–Crippen LogP) is 3.08. The topological polar surface area (TPSA) is 226 Å². The molecule has 0 aliphatic heterocycles. The van der Waals surface area contributed by atoms with Crippen molar-refractivity contribution < 1.29 is 40.6 Å². The first-order chi connectivity index (χ1) is 22.6. The number of aromatic nitrogens is 2. The summed E-state index contributed by atoms with van der Waals surface area (Å²) in [6.45, 7) is 0. The third kappa shape index (κ3) is 4.46. The van der Waals surface area contributed by atoms with Crippen molar-refractivity contribution in [3.63, 3.8) is 0 Å². The number of aryl methyl sites for hydroxylation is 2. The smallest absolute Gasteiger partial charge is 0.296 e. The highest BCUT2D eigenvalue weighted by Crippen LogP contribution is 2.35. The maximum Gasteiger partial charge on any atom is 0.296 e. The molecule has 1 heterocycles. The van der Waals surface area contributed by atoms with Crippen LogP contribution in [0.5, 0.6) is 0 Å². The van der Waals surface area contributed by atoms with E-state index >= 15 is 0 Å². The Kier molecular flexibility index (Phi) is 7.02. The van der Waals surface area contributed by atoms with E-state index in [0.29, 0.717) is 12.0 Å². The van der Waals surface area contributed by atoms with Gasteiger partial charge in [-0.2, -0.15) is 16.8 Å². The van der Waals surface area contributed by atoms with Crippen molar-refractivity contribution in [2.24, 2.45) is 14.1 Å². The summed E-state index contributed by atoms with van der Waals surface area (Å²) >= 11 is 0.541. The first kappa shape index (κ1) is 31.8. The second kappa shape index (κ2) is 10.6. The Morgan fingerprint density at radius 3 is 1.81 bits per heavy atom. The van der Waals surface area contributed by atoms with E-state index in [1.54, 1.807) is 0 Å². The average molecular weight is 711 g/mol.